The lowest BCUT2D eigenvalue weighted by Crippen LogP contribution is -2.12. The van der Waals surface area contributed by atoms with Gasteiger partial charge in [-0.25, -0.2) is 9.97 Å². The molecule has 0 radical (unpaired) electrons. The van der Waals surface area contributed by atoms with Crippen LogP contribution in [0.3, 0.4) is 0 Å². The fourth-order valence-corrected chi connectivity index (χ4v) is 2.16. The average molecular weight is 269 g/mol. The molecule has 0 aliphatic heterocycles. The second-order valence-electron chi connectivity index (χ2n) is 5.36. The summed E-state index contributed by atoms with van der Waals surface area (Å²) < 4.78 is 0. The molecule has 0 amide bonds. The number of hydrogen-bond acceptors (Lipinski definition) is 5. The van der Waals surface area contributed by atoms with Crippen molar-refractivity contribution in [2.45, 2.75) is 38.6 Å². The van der Waals surface area contributed by atoms with Crippen molar-refractivity contribution in [1.29, 1.82) is 0 Å². The van der Waals surface area contributed by atoms with E-state index in [2.05, 4.69) is 27.2 Å². The Labute approximate surface area is 118 Å². The number of anilines is 2. The second kappa shape index (κ2) is 5.07. The molecule has 5 heteroatoms. The highest BCUT2D eigenvalue weighted by molar-refractivity contribution is 5.56. The molecule has 1 fully saturated rings. The Morgan fingerprint density at radius 3 is 2.60 bits per heavy atom. The van der Waals surface area contributed by atoms with Gasteiger partial charge in [0.2, 0.25) is 0 Å². The summed E-state index contributed by atoms with van der Waals surface area (Å²) in [5, 5.41) is 3.43. The SMILES string of the molecule is Cc1c(N)nc(C2CC2)nc1NC(C)c1ccncc1. The fourth-order valence-electron chi connectivity index (χ4n) is 2.16. The van der Waals surface area contributed by atoms with Gasteiger partial charge < -0.3 is 11.1 Å². The number of nitrogens with two attached hydrogens (primary N) is 1. The monoisotopic (exact) mass is 269 g/mol. The first-order valence-corrected chi connectivity index (χ1v) is 6.95. The molecule has 2 aromatic heterocycles. The van der Waals surface area contributed by atoms with Gasteiger partial charge in [0, 0.05) is 23.9 Å². The number of aromatic nitrogens is 3. The molecule has 20 heavy (non-hydrogen) atoms. The van der Waals surface area contributed by atoms with Gasteiger partial charge in [-0.3, -0.25) is 4.98 Å². The van der Waals surface area contributed by atoms with Crippen LogP contribution in [0.2, 0.25) is 0 Å². The van der Waals surface area contributed by atoms with E-state index in [-0.39, 0.29) is 6.04 Å². The Hall–Kier alpha value is -2.17. The van der Waals surface area contributed by atoms with Crippen LogP contribution in [-0.4, -0.2) is 15.0 Å². The molecule has 3 rings (SSSR count). The molecule has 0 bridgehead atoms. The molecule has 1 saturated carbocycles. The summed E-state index contributed by atoms with van der Waals surface area (Å²) in [6, 6.07) is 4.15. The summed E-state index contributed by atoms with van der Waals surface area (Å²) in [6.07, 6.45) is 5.93. The maximum absolute atomic E-state index is 6.00. The number of hydrogen-bond donors (Lipinski definition) is 2. The van der Waals surface area contributed by atoms with E-state index in [1.807, 2.05) is 19.1 Å². The van der Waals surface area contributed by atoms with Gasteiger partial charge in [0.1, 0.15) is 17.5 Å². The summed E-state index contributed by atoms with van der Waals surface area (Å²) in [7, 11) is 0. The molecular formula is C15H19N5. The largest absolute Gasteiger partial charge is 0.383 e. The highest BCUT2D eigenvalue weighted by atomic mass is 15.1. The van der Waals surface area contributed by atoms with Crippen LogP contribution in [0.15, 0.2) is 24.5 Å². The van der Waals surface area contributed by atoms with E-state index < -0.39 is 0 Å². The lowest BCUT2D eigenvalue weighted by Gasteiger charge is -2.17. The van der Waals surface area contributed by atoms with Crippen LogP contribution >= 0.6 is 0 Å². The minimum absolute atomic E-state index is 0.151. The van der Waals surface area contributed by atoms with Crippen molar-refractivity contribution in [2.24, 2.45) is 0 Å². The molecule has 0 aromatic carbocycles. The zero-order valence-electron chi connectivity index (χ0n) is 11.8. The van der Waals surface area contributed by atoms with E-state index in [4.69, 9.17) is 5.73 Å². The molecule has 1 aliphatic rings. The Bertz CT molecular complexity index is 607. The minimum atomic E-state index is 0.151. The van der Waals surface area contributed by atoms with Gasteiger partial charge >= 0.3 is 0 Å². The topological polar surface area (TPSA) is 76.7 Å². The van der Waals surface area contributed by atoms with Gasteiger partial charge in [0.25, 0.3) is 0 Å². The van der Waals surface area contributed by atoms with Crippen LogP contribution in [0.1, 0.15) is 48.7 Å². The molecular weight excluding hydrogens is 250 g/mol. The molecule has 1 unspecified atom stereocenters. The Morgan fingerprint density at radius 1 is 1.25 bits per heavy atom. The Balaban J connectivity index is 1.86. The third kappa shape index (κ3) is 2.57. The predicted molar refractivity (Wildman–Crippen MR) is 79.4 cm³/mol. The van der Waals surface area contributed by atoms with Crippen LogP contribution in [0.4, 0.5) is 11.6 Å². The Kier molecular flexibility index (Phi) is 3.26. The summed E-state index contributed by atoms with van der Waals surface area (Å²) in [4.78, 5) is 13.1. The quantitative estimate of drug-likeness (QED) is 0.892. The molecule has 2 aromatic rings. The third-order valence-electron chi connectivity index (χ3n) is 3.70. The molecule has 0 spiro atoms. The van der Waals surface area contributed by atoms with Crippen molar-refractivity contribution >= 4 is 11.6 Å². The van der Waals surface area contributed by atoms with E-state index in [0.29, 0.717) is 11.7 Å². The van der Waals surface area contributed by atoms with Crippen LogP contribution in [0.5, 0.6) is 0 Å². The van der Waals surface area contributed by atoms with Gasteiger partial charge in [-0.2, -0.15) is 0 Å². The molecule has 0 saturated heterocycles. The van der Waals surface area contributed by atoms with Crippen molar-refractivity contribution < 1.29 is 0 Å². The summed E-state index contributed by atoms with van der Waals surface area (Å²) in [5.74, 6) is 2.78. The summed E-state index contributed by atoms with van der Waals surface area (Å²) in [5.41, 5.74) is 8.08. The first-order chi connectivity index (χ1) is 9.65. The predicted octanol–water partition coefficient (Wildman–Crippen LogP) is 2.81. The first kappa shape index (κ1) is 12.8. The maximum atomic E-state index is 6.00. The van der Waals surface area contributed by atoms with Crippen LogP contribution < -0.4 is 11.1 Å². The van der Waals surface area contributed by atoms with Crippen molar-refractivity contribution in [2.75, 3.05) is 11.1 Å². The average Bonchev–Trinajstić information content (AvgIpc) is 3.29. The van der Waals surface area contributed by atoms with E-state index in [1.165, 1.54) is 18.4 Å². The van der Waals surface area contributed by atoms with Crippen molar-refractivity contribution in [3.05, 3.63) is 41.5 Å². The summed E-state index contributed by atoms with van der Waals surface area (Å²) >= 11 is 0. The Morgan fingerprint density at radius 2 is 1.95 bits per heavy atom. The van der Waals surface area contributed by atoms with E-state index in [9.17, 15) is 0 Å². The van der Waals surface area contributed by atoms with E-state index >= 15 is 0 Å². The summed E-state index contributed by atoms with van der Waals surface area (Å²) in [6.45, 7) is 4.05. The lowest BCUT2D eigenvalue weighted by atomic mass is 10.1. The number of nitrogen functional groups attached to an aromatic ring is 1. The lowest BCUT2D eigenvalue weighted by molar-refractivity contribution is 0.848. The fraction of sp³-hybridized carbons (Fsp3) is 0.400. The molecule has 2 heterocycles. The first-order valence-electron chi connectivity index (χ1n) is 6.95. The molecule has 3 N–H and O–H groups in total. The van der Waals surface area contributed by atoms with Gasteiger partial charge in [0.15, 0.2) is 0 Å². The van der Waals surface area contributed by atoms with E-state index in [0.717, 1.165) is 17.2 Å². The molecule has 1 atom stereocenters. The van der Waals surface area contributed by atoms with Gasteiger partial charge in [-0.05, 0) is 44.4 Å². The van der Waals surface area contributed by atoms with Gasteiger partial charge in [-0.15, -0.1) is 0 Å². The highest BCUT2D eigenvalue weighted by Crippen LogP contribution is 2.39. The highest BCUT2D eigenvalue weighted by Gasteiger charge is 2.28. The van der Waals surface area contributed by atoms with Crippen molar-refractivity contribution in [1.82, 2.24) is 15.0 Å². The van der Waals surface area contributed by atoms with Gasteiger partial charge in [0.05, 0.1) is 6.04 Å². The zero-order chi connectivity index (χ0) is 14.1. The molecule has 5 nitrogen and oxygen atoms in total. The number of pyridine rings is 1. The van der Waals surface area contributed by atoms with Crippen LogP contribution in [-0.2, 0) is 0 Å². The number of nitrogens with zero attached hydrogens (tertiary/aromatic N) is 3. The van der Waals surface area contributed by atoms with Crippen LogP contribution in [0.25, 0.3) is 0 Å². The standard InChI is InChI=1S/C15H19N5/c1-9-13(16)19-15(12-3-4-12)20-14(9)18-10(2)11-5-7-17-8-6-11/h5-8,10,12H,3-4H2,1-2H3,(H3,16,18,19,20). The second-order valence-corrected chi connectivity index (χ2v) is 5.36. The molecule has 1 aliphatic carbocycles. The van der Waals surface area contributed by atoms with Gasteiger partial charge in [-0.1, -0.05) is 0 Å². The van der Waals surface area contributed by atoms with Crippen LogP contribution in [0, 0.1) is 6.92 Å². The smallest absolute Gasteiger partial charge is 0.136 e. The maximum Gasteiger partial charge on any atom is 0.136 e. The number of nitrogens with one attached hydrogen (secondary N) is 1. The third-order valence-corrected chi connectivity index (χ3v) is 3.70. The normalized spacial score (nSPS) is 15.9. The molecule has 104 valence electrons. The zero-order valence-corrected chi connectivity index (χ0v) is 11.8. The van der Waals surface area contributed by atoms with E-state index in [1.54, 1.807) is 12.4 Å². The number of rotatable bonds is 4. The van der Waals surface area contributed by atoms with Crippen molar-refractivity contribution in [3.8, 4) is 0 Å². The minimum Gasteiger partial charge on any atom is -0.383 e. The van der Waals surface area contributed by atoms with Crippen molar-refractivity contribution in [3.63, 3.8) is 0 Å².